The van der Waals surface area contributed by atoms with Crippen molar-refractivity contribution >= 4 is 29.1 Å². The Morgan fingerprint density at radius 2 is 1.46 bits per heavy atom. The molecule has 1 saturated heterocycles. The average molecular weight is 515 g/mol. The molecule has 4 aromatic carbocycles. The zero-order valence-corrected chi connectivity index (χ0v) is 21.5. The lowest BCUT2D eigenvalue weighted by Gasteiger charge is -2.51. The molecule has 4 aromatic rings. The van der Waals surface area contributed by atoms with E-state index in [1.165, 1.54) is 4.90 Å². The highest BCUT2D eigenvalue weighted by Crippen LogP contribution is 2.67. The largest absolute Gasteiger partial charge is 0.497 e. The molecule has 1 N–H and O–H groups in total. The number of ether oxygens (including phenoxy) is 1. The van der Waals surface area contributed by atoms with Crippen molar-refractivity contribution in [2.45, 2.75) is 18.8 Å². The highest BCUT2D eigenvalue weighted by Gasteiger charge is 2.68. The van der Waals surface area contributed by atoms with E-state index in [1.54, 1.807) is 55.6 Å². The number of hydrogen-bond acceptors (Lipinski definition) is 4. The molecule has 1 aliphatic heterocycles. The molecule has 0 saturated carbocycles. The highest BCUT2D eigenvalue weighted by atomic mass is 16.5. The first kappa shape index (κ1) is 23.4. The summed E-state index contributed by atoms with van der Waals surface area (Å²) in [5, 5.41) is 2.87. The van der Waals surface area contributed by atoms with Gasteiger partial charge in [0.2, 0.25) is 11.8 Å². The summed E-state index contributed by atoms with van der Waals surface area (Å²) in [6.07, 6.45) is 0. The van der Waals surface area contributed by atoms with Gasteiger partial charge in [-0.15, -0.1) is 0 Å². The summed E-state index contributed by atoms with van der Waals surface area (Å²) in [6.45, 7) is 1.95. The molecule has 6 heteroatoms. The molecule has 0 spiro atoms. The fourth-order valence-corrected chi connectivity index (χ4v) is 7.05. The van der Waals surface area contributed by atoms with E-state index < -0.39 is 11.3 Å². The molecule has 3 amide bonds. The summed E-state index contributed by atoms with van der Waals surface area (Å²) in [5.74, 6) is -1.09. The van der Waals surface area contributed by atoms with Gasteiger partial charge in [0.05, 0.1) is 24.1 Å². The Bertz CT molecular complexity index is 1650. The lowest BCUT2D eigenvalue weighted by Crippen LogP contribution is -2.49. The summed E-state index contributed by atoms with van der Waals surface area (Å²) >= 11 is 0. The first-order valence-electron chi connectivity index (χ1n) is 13.0. The van der Waals surface area contributed by atoms with Crippen molar-refractivity contribution in [2.75, 3.05) is 17.3 Å². The fourth-order valence-electron chi connectivity index (χ4n) is 7.05. The smallest absolute Gasteiger partial charge is 0.255 e. The summed E-state index contributed by atoms with van der Waals surface area (Å²) < 4.78 is 5.24. The molecule has 8 rings (SSSR count). The van der Waals surface area contributed by atoms with E-state index in [-0.39, 0.29) is 29.6 Å². The van der Waals surface area contributed by atoms with Gasteiger partial charge >= 0.3 is 0 Å². The van der Waals surface area contributed by atoms with Crippen molar-refractivity contribution in [3.05, 3.63) is 125 Å². The topological polar surface area (TPSA) is 75.7 Å². The zero-order valence-electron chi connectivity index (χ0n) is 21.5. The normalized spacial score (nSPS) is 24.2. The van der Waals surface area contributed by atoms with Gasteiger partial charge in [-0.25, -0.2) is 4.90 Å². The van der Waals surface area contributed by atoms with Gasteiger partial charge in [0.25, 0.3) is 5.91 Å². The molecule has 0 radical (unpaired) electrons. The average Bonchev–Trinajstić information content (AvgIpc) is 3.18. The molecule has 2 atom stereocenters. The molecule has 0 unspecified atom stereocenters. The van der Waals surface area contributed by atoms with Crippen LogP contribution >= 0.6 is 0 Å². The summed E-state index contributed by atoms with van der Waals surface area (Å²) in [7, 11) is 1.57. The van der Waals surface area contributed by atoms with Crippen LogP contribution in [-0.4, -0.2) is 24.8 Å². The van der Waals surface area contributed by atoms with Crippen LogP contribution in [0, 0.1) is 11.3 Å². The third kappa shape index (κ3) is 3.18. The number of methoxy groups -OCH3 is 1. The zero-order chi connectivity index (χ0) is 26.9. The summed E-state index contributed by atoms with van der Waals surface area (Å²) in [6, 6.07) is 30.2. The maximum Gasteiger partial charge on any atom is 0.255 e. The van der Waals surface area contributed by atoms with Crippen molar-refractivity contribution in [3.63, 3.8) is 0 Å². The number of amides is 3. The van der Waals surface area contributed by atoms with Gasteiger partial charge < -0.3 is 10.1 Å². The van der Waals surface area contributed by atoms with Crippen molar-refractivity contribution in [3.8, 4) is 5.75 Å². The second kappa shape index (κ2) is 8.40. The standard InChI is InChI=1S/C33H26N2O4/c1-33-28-25-15-5-3-13-23(25)27(24-14-4-6-16-26(24)28)29(33)31(37)35(32(33)38)21-11-7-9-19(17-21)30(36)34-20-10-8-12-22(18-20)39-2/h3-18,27-29H,1-2H3,(H,34,36)/t27?,28?,29-,33+/m0/s1. The molecule has 1 fully saturated rings. The lowest BCUT2D eigenvalue weighted by molar-refractivity contribution is -0.128. The Hall–Kier alpha value is -4.71. The van der Waals surface area contributed by atoms with Crippen molar-refractivity contribution in [1.82, 2.24) is 0 Å². The van der Waals surface area contributed by atoms with Gasteiger partial charge in [0.1, 0.15) is 5.75 Å². The van der Waals surface area contributed by atoms with Crippen LogP contribution in [0.4, 0.5) is 11.4 Å². The predicted octanol–water partition coefficient (Wildman–Crippen LogP) is 5.73. The van der Waals surface area contributed by atoms with E-state index in [0.717, 1.165) is 22.3 Å². The van der Waals surface area contributed by atoms with Crippen LogP contribution in [0.3, 0.4) is 0 Å². The van der Waals surface area contributed by atoms with E-state index in [2.05, 4.69) is 29.6 Å². The number of carbonyl (C=O) groups excluding carboxylic acids is 3. The van der Waals surface area contributed by atoms with Crippen LogP contribution < -0.4 is 15.0 Å². The quantitative estimate of drug-likeness (QED) is 0.353. The molecule has 192 valence electrons. The molecular formula is C33H26N2O4. The second-order valence-electron chi connectivity index (χ2n) is 10.6. The Morgan fingerprint density at radius 3 is 2.13 bits per heavy atom. The van der Waals surface area contributed by atoms with Crippen LogP contribution in [0.2, 0.25) is 0 Å². The summed E-state index contributed by atoms with van der Waals surface area (Å²) in [4.78, 5) is 43.0. The first-order chi connectivity index (χ1) is 18.9. The Morgan fingerprint density at radius 1 is 0.821 bits per heavy atom. The van der Waals surface area contributed by atoms with E-state index in [0.29, 0.717) is 22.7 Å². The minimum Gasteiger partial charge on any atom is -0.497 e. The van der Waals surface area contributed by atoms with Crippen LogP contribution in [0.25, 0.3) is 0 Å². The Labute approximate surface area is 226 Å². The van der Waals surface area contributed by atoms with Gasteiger partial charge in [0, 0.05) is 29.2 Å². The third-order valence-corrected chi connectivity index (χ3v) is 8.71. The monoisotopic (exact) mass is 514 g/mol. The molecule has 2 bridgehead atoms. The van der Waals surface area contributed by atoms with Crippen LogP contribution in [0.1, 0.15) is 51.4 Å². The van der Waals surface area contributed by atoms with E-state index in [4.69, 9.17) is 4.74 Å². The van der Waals surface area contributed by atoms with E-state index in [9.17, 15) is 14.4 Å². The Kier molecular flexibility index (Phi) is 5.04. The molecule has 1 heterocycles. The van der Waals surface area contributed by atoms with Crippen LogP contribution in [0.15, 0.2) is 97.1 Å². The van der Waals surface area contributed by atoms with Crippen molar-refractivity contribution in [2.24, 2.45) is 11.3 Å². The molecule has 3 aliphatic carbocycles. The van der Waals surface area contributed by atoms with Gasteiger partial charge in [-0.05, 0) is 59.5 Å². The fraction of sp³-hybridized carbons (Fsp3) is 0.182. The number of benzene rings is 4. The van der Waals surface area contributed by atoms with E-state index in [1.807, 2.05) is 31.2 Å². The second-order valence-corrected chi connectivity index (χ2v) is 10.6. The molecule has 0 aromatic heterocycles. The van der Waals surface area contributed by atoms with Gasteiger partial charge in [0.15, 0.2) is 0 Å². The Balaban J connectivity index is 1.28. The van der Waals surface area contributed by atoms with Crippen molar-refractivity contribution < 1.29 is 19.1 Å². The van der Waals surface area contributed by atoms with E-state index >= 15 is 0 Å². The van der Waals surface area contributed by atoms with Gasteiger partial charge in [-0.1, -0.05) is 60.7 Å². The number of nitrogens with zero attached hydrogens (tertiary/aromatic N) is 1. The number of anilines is 2. The number of hydrogen-bond donors (Lipinski definition) is 1. The van der Waals surface area contributed by atoms with Gasteiger partial charge in [-0.3, -0.25) is 14.4 Å². The molecule has 6 nitrogen and oxygen atoms in total. The molecule has 39 heavy (non-hydrogen) atoms. The van der Waals surface area contributed by atoms with Crippen molar-refractivity contribution in [1.29, 1.82) is 0 Å². The maximum atomic E-state index is 14.3. The molecule has 4 aliphatic rings. The minimum atomic E-state index is -0.927. The minimum absolute atomic E-state index is 0.201. The number of rotatable bonds is 4. The molecular weight excluding hydrogens is 488 g/mol. The van der Waals surface area contributed by atoms with Crippen LogP contribution in [-0.2, 0) is 9.59 Å². The first-order valence-corrected chi connectivity index (χ1v) is 13.0. The van der Waals surface area contributed by atoms with Crippen LogP contribution in [0.5, 0.6) is 5.75 Å². The van der Waals surface area contributed by atoms with Gasteiger partial charge in [-0.2, -0.15) is 0 Å². The third-order valence-electron chi connectivity index (χ3n) is 8.71. The summed E-state index contributed by atoms with van der Waals surface area (Å²) in [5.41, 5.74) is 4.91. The number of carbonyl (C=O) groups is 3. The maximum absolute atomic E-state index is 14.3. The number of imide groups is 1. The highest BCUT2D eigenvalue weighted by molar-refractivity contribution is 6.25. The lowest BCUT2D eigenvalue weighted by atomic mass is 9.48. The number of nitrogens with one attached hydrogen (secondary N) is 1. The SMILES string of the molecule is COc1cccc(NC(=O)c2cccc(N3C(=O)[C@@H]4C5c6ccccc6C(c6ccccc65)[C@@]4(C)C3=O)c2)c1. The predicted molar refractivity (Wildman–Crippen MR) is 148 cm³/mol.